The summed E-state index contributed by atoms with van der Waals surface area (Å²) in [5.74, 6) is 0.491. The second-order valence-electron chi connectivity index (χ2n) is 5.65. The molecule has 0 aliphatic carbocycles. The minimum absolute atomic E-state index is 0.240. The lowest BCUT2D eigenvalue weighted by atomic mass is 9.81. The van der Waals surface area contributed by atoms with Crippen LogP contribution in [-0.4, -0.2) is 31.7 Å². The summed E-state index contributed by atoms with van der Waals surface area (Å²) in [7, 11) is 1.41. The number of methoxy groups -OCH3 is 1. The highest BCUT2D eigenvalue weighted by Gasteiger charge is 2.39. The van der Waals surface area contributed by atoms with Gasteiger partial charge in [0.15, 0.2) is 0 Å². The molecule has 0 atom stereocenters. The Morgan fingerprint density at radius 3 is 2.21 bits per heavy atom. The molecular formula is C13H26N4O2. The number of carbonyl (C=O) groups is 1. The molecule has 0 heterocycles. The van der Waals surface area contributed by atoms with Gasteiger partial charge in [0.1, 0.15) is 5.54 Å². The van der Waals surface area contributed by atoms with Crippen molar-refractivity contribution in [3.63, 3.8) is 0 Å². The fourth-order valence-corrected chi connectivity index (χ4v) is 2.45. The van der Waals surface area contributed by atoms with Crippen molar-refractivity contribution in [2.24, 2.45) is 17.0 Å². The van der Waals surface area contributed by atoms with Crippen molar-refractivity contribution in [1.29, 1.82) is 0 Å². The molecule has 0 unspecified atom stereocenters. The molecule has 0 aliphatic rings. The molecule has 19 heavy (non-hydrogen) atoms. The molecule has 0 amide bonds. The van der Waals surface area contributed by atoms with Crippen molar-refractivity contribution in [3.8, 4) is 0 Å². The number of carbonyl (C=O) groups excluding carboxylic acids is 1. The summed E-state index contributed by atoms with van der Waals surface area (Å²) in [6.07, 6.45) is 1.41. The number of azide groups is 1. The summed E-state index contributed by atoms with van der Waals surface area (Å²) in [6.45, 7) is 9.10. The van der Waals surface area contributed by atoms with Crippen molar-refractivity contribution < 1.29 is 9.53 Å². The van der Waals surface area contributed by atoms with E-state index < -0.39 is 5.54 Å². The van der Waals surface area contributed by atoms with E-state index in [-0.39, 0.29) is 5.97 Å². The predicted octanol–water partition coefficient (Wildman–Crippen LogP) is 2.89. The molecule has 0 bridgehead atoms. The summed E-state index contributed by atoms with van der Waals surface area (Å²) in [4.78, 5) is 14.9. The molecule has 0 saturated carbocycles. The third-order valence-corrected chi connectivity index (χ3v) is 2.83. The van der Waals surface area contributed by atoms with Crippen LogP contribution in [0.1, 0.15) is 40.5 Å². The quantitative estimate of drug-likeness (QED) is 0.230. The highest BCUT2D eigenvalue weighted by atomic mass is 16.5. The largest absolute Gasteiger partial charge is 0.468 e. The third kappa shape index (κ3) is 6.45. The highest BCUT2D eigenvalue weighted by Crippen LogP contribution is 2.26. The van der Waals surface area contributed by atoms with Crippen LogP contribution in [0.3, 0.4) is 0 Å². The van der Waals surface area contributed by atoms with Crippen LogP contribution in [-0.2, 0) is 9.53 Å². The lowest BCUT2D eigenvalue weighted by molar-refractivity contribution is -0.150. The average molecular weight is 270 g/mol. The molecule has 0 aromatic heterocycles. The first-order valence-electron chi connectivity index (χ1n) is 6.72. The predicted molar refractivity (Wildman–Crippen MR) is 75.7 cm³/mol. The van der Waals surface area contributed by atoms with Gasteiger partial charge in [0.25, 0.3) is 0 Å². The number of ether oxygens (including phenoxy) is 1. The standard InChI is InChI=1S/C13H26N4O2/c1-10(2)8-13(9-11(3)4,12(18)19-5)15-6-7-16-17-14/h10-11,15H,6-9H2,1-5H3. The molecule has 0 fully saturated rings. The number of hydrogen-bond acceptors (Lipinski definition) is 4. The number of nitrogens with one attached hydrogen (secondary N) is 1. The minimum atomic E-state index is -0.692. The van der Waals surface area contributed by atoms with Crippen LogP contribution >= 0.6 is 0 Å². The minimum Gasteiger partial charge on any atom is -0.468 e. The smallest absolute Gasteiger partial charge is 0.326 e. The van der Waals surface area contributed by atoms with E-state index >= 15 is 0 Å². The maximum Gasteiger partial charge on any atom is 0.326 e. The van der Waals surface area contributed by atoms with Crippen LogP contribution in [0.4, 0.5) is 0 Å². The summed E-state index contributed by atoms with van der Waals surface area (Å²) in [5.41, 5.74) is 7.59. The molecule has 0 rings (SSSR count). The molecule has 0 aromatic rings. The van der Waals surface area contributed by atoms with E-state index in [9.17, 15) is 4.79 Å². The van der Waals surface area contributed by atoms with Gasteiger partial charge in [-0.05, 0) is 30.2 Å². The van der Waals surface area contributed by atoms with Crippen LogP contribution in [0.25, 0.3) is 10.4 Å². The van der Waals surface area contributed by atoms with Gasteiger partial charge in [-0.3, -0.25) is 4.79 Å². The van der Waals surface area contributed by atoms with E-state index in [4.69, 9.17) is 10.3 Å². The highest BCUT2D eigenvalue weighted by molar-refractivity contribution is 5.80. The van der Waals surface area contributed by atoms with Crippen molar-refractivity contribution in [1.82, 2.24) is 5.32 Å². The fourth-order valence-electron chi connectivity index (χ4n) is 2.45. The fraction of sp³-hybridized carbons (Fsp3) is 0.923. The molecular weight excluding hydrogens is 244 g/mol. The number of rotatable bonds is 9. The van der Waals surface area contributed by atoms with E-state index in [0.29, 0.717) is 37.8 Å². The number of esters is 1. The van der Waals surface area contributed by atoms with Crippen molar-refractivity contribution in [2.75, 3.05) is 20.2 Å². The van der Waals surface area contributed by atoms with Gasteiger partial charge in [-0.25, -0.2) is 0 Å². The SMILES string of the molecule is COC(=O)C(CC(C)C)(CC(C)C)NCCN=[N+]=[N-]. The van der Waals surface area contributed by atoms with Gasteiger partial charge in [0, 0.05) is 18.0 Å². The Bertz CT molecular complexity index is 313. The van der Waals surface area contributed by atoms with Gasteiger partial charge in [-0.15, -0.1) is 0 Å². The van der Waals surface area contributed by atoms with Crippen LogP contribution < -0.4 is 5.32 Å². The summed E-state index contributed by atoms with van der Waals surface area (Å²) in [5, 5.41) is 6.73. The molecule has 0 aromatic carbocycles. The Balaban J connectivity index is 4.98. The van der Waals surface area contributed by atoms with Gasteiger partial charge in [0.2, 0.25) is 0 Å². The van der Waals surface area contributed by atoms with Crippen LogP contribution in [0, 0.1) is 11.8 Å². The molecule has 6 nitrogen and oxygen atoms in total. The summed E-state index contributed by atoms with van der Waals surface area (Å²) < 4.78 is 4.97. The van der Waals surface area contributed by atoms with Crippen molar-refractivity contribution in [2.45, 2.75) is 46.1 Å². The number of hydrogen-bond donors (Lipinski definition) is 1. The Hall–Kier alpha value is -1.26. The topological polar surface area (TPSA) is 87.1 Å². The van der Waals surface area contributed by atoms with Crippen LogP contribution in [0.2, 0.25) is 0 Å². The molecule has 1 N–H and O–H groups in total. The van der Waals surface area contributed by atoms with Gasteiger partial charge in [0.05, 0.1) is 7.11 Å². The molecule has 0 aliphatic heterocycles. The zero-order valence-electron chi connectivity index (χ0n) is 12.6. The second-order valence-corrected chi connectivity index (χ2v) is 5.65. The van der Waals surface area contributed by atoms with Crippen molar-refractivity contribution in [3.05, 3.63) is 10.4 Å². The lowest BCUT2D eigenvalue weighted by Crippen LogP contribution is -2.55. The third-order valence-electron chi connectivity index (χ3n) is 2.83. The second kappa shape index (κ2) is 8.77. The zero-order chi connectivity index (χ0) is 14.9. The molecule has 110 valence electrons. The van der Waals surface area contributed by atoms with Crippen LogP contribution in [0.5, 0.6) is 0 Å². The first kappa shape index (κ1) is 17.7. The summed E-state index contributed by atoms with van der Waals surface area (Å²) >= 11 is 0. The first-order valence-corrected chi connectivity index (χ1v) is 6.72. The molecule has 6 heteroatoms. The maximum absolute atomic E-state index is 12.2. The Morgan fingerprint density at radius 2 is 1.84 bits per heavy atom. The van der Waals surface area contributed by atoms with E-state index in [1.54, 1.807) is 0 Å². The van der Waals surface area contributed by atoms with Gasteiger partial charge in [-0.1, -0.05) is 32.8 Å². The lowest BCUT2D eigenvalue weighted by Gasteiger charge is -2.35. The van der Waals surface area contributed by atoms with Crippen molar-refractivity contribution >= 4 is 5.97 Å². The first-order chi connectivity index (χ1) is 8.88. The van der Waals surface area contributed by atoms with E-state index in [2.05, 4.69) is 43.0 Å². The summed E-state index contributed by atoms with van der Waals surface area (Å²) in [6, 6.07) is 0. The number of nitrogens with zero attached hydrogens (tertiary/aromatic N) is 3. The van der Waals surface area contributed by atoms with Gasteiger partial charge < -0.3 is 10.1 Å². The maximum atomic E-state index is 12.2. The Labute approximate surface area is 115 Å². The average Bonchev–Trinajstić information content (AvgIpc) is 2.31. The molecule has 0 radical (unpaired) electrons. The van der Waals surface area contributed by atoms with Gasteiger partial charge >= 0.3 is 5.97 Å². The molecule has 0 spiro atoms. The monoisotopic (exact) mass is 270 g/mol. The van der Waals surface area contributed by atoms with Gasteiger partial charge in [-0.2, -0.15) is 0 Å². The normalized spacial score (nSPS) is 11.5. The Morgan fingerprint density at radius 1 is 1.32 bits per heavy atom. The van der Waals surface area contributed by atoms with E-state index in [1.807, 2.05) is 0 Å². The molecule has 0 saturated heterocycles. The zero-order valence-corrected chi connectivity index (χ0v) is 12.6. The van der Waals surface area contributed by atoms with E-state index in [0.717, 1.165) is 0 Å². The van der Waals surface area contributed by atoms with E-state index in [1.165, 1.54) is 7.11 Å². The Kier molecular flexibility index (Phi) is 8.19. The van der Waals surface area contributed by atoms with Crippen LogP contribution in [0.15, 0.2) is 5.11 Å².